The Bertz CT molecular complexity index is 505. The average Bonchev–Trinajstić information content (AvgIpc) is 2.55. The zero-order chi connectivity index (χ0) is 16.5. The van der Waals surface area contributed by atoms with Gasteiger partial charge >= 0.3 is 0 Å². The number of carbonyl (C=O) groups excluding carboxylic acids is 1. The van der Waals surface area contributed by atoms with Crippen LogP contribution in [0, 0.1) is 0 Å². The van der Waals surface area contributed by atoms with Crippen molar-refractivity contribution >= 4 is 29.4 Å². The summed E-state index contributed by atoms with van der Waals surface area (Å²) in [7, 11) is 2.88. The zero-order valence-corrected chi connectivity index (χ0v) is 13.7. The Morgan fingerprint density at radius 2 is 2.00 bits per heavy atom. The Morgan fingerprint density at radius 3 is 2.45 bits per heavy atom. The molecule has 0 bridgehead atoms. The fourth-order valence-corrected chi connectivity index (χ4v) is 1.87. The zero-order valence-electron chi connectivity index (χ0n) is 12.9. The first-order valence-corrected chi connectivity index (χ1v) is 7.10. The summed E-state index contributed by atoms with van der Waals surface area (Å²) in [6.45, 7) is 3.98. The molecule has 0 aliphatic carbocycles. The molecule has 0 spiro atoms. The van der Waals surface area contributed by atoms with Gasteiger partial charge in [-0.15, -0.1) is 11.6 Å². The molecule has 0 aliphatic rings. The van der Waals surface area contributed by atoms with Gasteiger partial charge in [0.2, 0.25) is 17.7 Å². The van der Waals surface area contributed by atoms with Crippen LogP contribution in [0.2, 0.25) is 0 Å². The van der Waals surface area contributed by atoms with Crippen LogP contribution >= 0.6 is 11.6 Å². The van der Waals surface area contributed by atoms with Gasteiger partial charge in [-0.25, -0.2) is 0 Å². The number of aromatic nitrogens is 2. The van der Waals surface area contributed by atoms with Crippen LogP contribution in [0.15, 0.2) is 11.5 Å². The van der Waals surface area contributed by atoms with Crippen LogP contribution in [0.3, 0.4) is 0 Å². The van der Waals surface area contributed by atoms with Gasteiger partial charge in [0.15, 0.2) is 5.69 Å². The molecule has 1 heterocycles. The van der Waals surface area contributed by atoms with Crippen molar-refractivity contribution in [2.24, 2.45) is 5.16 Å². The van der Waals surface area contributed by atoms with Crippen molar-refractivity contribution in [3.8, 4) is 11.8 Å². The average molecular weight is 331 g/mol. The van der Waals surface area contributed by atoms with Crippen LogP contribution in [-0.2, 0) is 9.63 Å². The second-order valence-corrected chi connectivity index (χ2v) is 4.32. The van der Waals surface area contributed by atoms with Crippen molar-refractivity contribution in [3.05, 3.63) is 6.33 Å². The smallest absolute Gasteiger partial charge is 0.245 e. The van der Waals surface area contributed by atoms with Crippen molar-refractivity contribution in [1.82, 2.24) is 9.97 Å². The van der Waals surface area contributed by atoms with Gasteiger partial charge in [0.05, 0.1) is 26.5 Å². The first-order valence-electron chi connectivity index (χ1n) is 6.57. The lowest BCUT2D eigenvalue weighted by atomic mass is 10.2. The molecule has 1 aromatic heterocycles. The van der Waals surface area contributed by atoms with Crippen LogP contribution in [0.1, 0.15) is 13.8 Å². The molecule has 0 aromatic carbocycles. The Morgan fingerprint density at radius 1 is 1.41 bits per heavy atom. The molecule has 1 aromatic rings. The molecule has 22 heavy (non-hydrogen) atoms. The summed E-state index contributed by atoms with van der Waals surface area (Å²) in [5.74, 6) is -0.207. The molecule has 0 saturated carbocycles. The number of ether oxygens (including phenoxy) is 2. The molecule has 1 unspecified atom stereocenters. The Labute approximate surface area is 134 Å². The number of oxime groups is 1. The molecule has 1 atom stereocenters. The maximum absolute atomic E-state index is 12.2. The number of halogens is 1. The second kappa shape index (κ2) is 9.04. The minimum Gasteiger partial charge on any atom is -0.479 e. The number of methoxy groups -OCH3 is 2. The molecule has 1 amide bonds. The molecule has 0 fully saturated rings. The van der Waals surface area contributed by atoms with Crippen LogP contribution in [-0.4, -0.2) is 54.8 Å². The summed E-state index contributed by atoms with van der Waals surface area (Å²) in [5, 5.41) is 3.78. The van der Waals surface area contributed by atoms with Gasteiger partial charge in [0.25, 0.3) is 0 Å². The van der Waals surface area contributed by atoms with Gasteiger partial charge in [0.1, 0.15) is 18.8 Å². The van der Waals surface area contributed by atoms with E-state index in [2.05, 4.69) is 15.1 Å². The van der Waals surface area contributed by atoms with Crippen molar-refractivity contribution < 1.29 is 19.1 Å². The first-order chi connectivity index (χ1) is 10.6. The van der Waals surface area contributed by atoms with Crippen LogP contribution in [0.25, 0.3) is 0 Å². The summed E-state index contributed by atoms with van der Waals surface area (Å²) < 4.78 is 10.4. The summed E-state index contributed by atoms with van der Waals surface area (Å²) in [4.78, 5) is 26.5. The highest BCUT2D eigenvalue weighted by Crippen LogP contribution is 2.35. The number of hydrogen-bond acceptors (Lipinski definition) is 7. The predicted octanol–water partition coefficient (Wildman–Crippen LogP) is 1.48. The van der Waals surface area contributed by atoms with E-state index in [1.54, 1.807) is 13.8 Å². The highest BCUT2D eigenvalue weighted by molar-refractivity contribution is 6.29. The Hall–Kier alpha value is -2.09. The molecule has 122 valence electrons. The quantitative estimate of drug-likeness (QED) is 0.407. The number of alkyl halides is 1. The molecular formula is C13H19ClN4O4. The first kappa shape index (κ1) is 18.0. The Balaban J connectivity index is 3.31. The van der Waals surface area contributed by atoms with E-state index in [1.807, 2.05) is 0 Å². The van der Waals surface area contributed by atoms with Crippen LogP contribution in [0.4, 0.5) is 5.69 Å². The molecule has 0 aliphatic heterocycles. The standard InChI is InChI=1S/C13H19ClN4O4/c1-5-22-17-7-9(2)18(10(19)6-14)11-12(20-3)15-8-16-13(11)21-4/h7-9H,5-6H2,1-4H3/b17-7-. The summed E-state index contributed by atoms with van der Waals surface area (Å²) in [6, 6.07) is -0.466. The minimum absolute atomic E-state index is 0.196. The molecule has 0 saturated heterocycles. The summed E-state index contributed by atoms with van der Waals surface area (Å²) in [5.41, 5.74) is 0.286. The van der Waals surface area contributed by atoms with Gasteiger partial charge in [-0.3, -0.25) is 9.69 Å². The monoisotopic (exact) mass is 330 g/mol. The van der Waals surface area contributed by atoms with Gasteiger partial charge in [-0.1, -0.05) is 5.16 Å². The van der Waals surface area contributed by atoms with Gasteiger partial charge in [-0.05, 0) is 13.8 Å². The van der Waals surface area contributed by atoms with E-state index in [4.69, 9.17) is 25.9 Å². The van der Waals surface area contributed by atoms with E-state index in [0.717, 1.165) is 0 Å². The highest BCUT2D eigenvalue weighted by atomic mass is 35.5. The lowest BCUT2D eigenvalue weighted by Gasteiger charge is -2.27. The number of nitrogens with zero attached hydrogens (tertiary/aromatic N) is 4. The molecule has 1 rings (SSSR count). The minimum atomic E-state index is -0.466. The van der Waals surface area contributed by atoms with Crippen molar-refractivity contribution in [3.63, 3.8) is 0 Å². The SMILES string of the molecule is CCO/N=C\C(C)N(C(=O)CCl)c1c(OC)ncnc1OC. The van der Waals surface area contributed by atoms with Gasteiger partial charge in [-0.2, -0.15) is 9.97 Å². The van der Waals surface area contributed by atoms with Gasteiger partial charge < -0.3 is 14.3 Å². The summed E-state index contributed by atoms with van der Waals surface area (Å²) >= 11 is 5.70. The maximum atomic E-state index is 12.2. The van der Waals surface area contributed by atoms with Crippen LogP contribution < -0.4 is 14.4 Å². The third-order valence-corrected chi connectivity index (χ3v) is 2.88. The van der Waals surface area contributed by atoms with Crippen molar-refractivity contribution in [1.29, 1.82) is 0 Å². The highest BCUT2D eigenvalue weighted by Gasteiger charge is 2.28. The van der Waals surface area contributed by atoms with E-state index in [9.17, 15) is 4.79 Å². The fourth-order valence-electron chi connectivity index (χ4n) is 1.74. The van der Waals surface area contributed by atoms with E-state index < -0.39 is 6.04 Å². The lowest BCUT2D eigenvalue weighted by molar-refractivity contribution is -0.116. The number of rotatable bonds is 8. The third kappa shape index (κ3) is 4.20. The lowest BCUT2D eigenvalue weighted by Crippen LogP contribution is -2.41. The number of hydrogen-bond donors (Lipinski definition) is 0. The normalized spacial score (nSPS) is 12.0. The van der Waals surface area contributed by atoms with Crippen LogP contribution in [0.5, 0.6) is 11.8 Å². The van der Waals surface area contributed by atoms with E-state index in [-0.39, 0.29) is 29.2 Å². The maximum Gasteiger partial charge on any atom is 0.245 e. The largest absolute Gasteiger partial charge is 0.479 e. The summed E-state index contributed by atoms with van der Waals surface area (Å²) in [6.07, 6.45) is 2.75. The van der Waals surface area contributed by atoms with Crippen molar-refractivity contribution in [2.75, 3.05) is 31.6 Å². The molecule has 0 radical (unpaired) electrons. The van der Waals surface area contributed by atoms with E-state index in [1.165, 1.54) is 31.7 Å². The second-order valence-electron chi connectivity index (χ2n) is 4.05. The number of anilines is 1. The molecular weight excluding hydrogens is 312 g/mol. The molecule has 0 N–H and O–H groups in total. The molecule has 8 nitrogen and oxygen atoms in total. The Kier molecular flexibility index (Phi) is 7.38. The van der Waals surface area contributed by atoms with E-state index in [0.29, 0.717) is 6.61 Å². The van der Waals surface area contributed by atoms with Crippen molar-refractivity contribution in [2.45, 2.75) is 19.9 Å². The third-order valence-electron chi connectivity index (χ3n) is 2.65. The number of carbonyl (C=O) groups is 1. The molecule has 9 heteroatoms. The fraction of sp³-hybridized carbons (Fsp3) is 0.538. The predicted molar refractivity (Wildman–Crippen MR) is 82.9 cm³/mol. The van der Waals surface area contributed by atoms with E-state index >= 15 is 0 Å². The number of amides is 1. The topological polar surface area (TPSA) is 86.1 Å². The van der Waals surface area contributed by atoms with Gasteiger partial charge in [0, 0.05) is 0 Å².